The number of methoxy groups -OCH3 is 2. The van der Waals surface area contributed by atoms with E-state index in [0.29, 0.717) is 36.3 Å². The fraction of sp³-hybridized carbons (Fsp3) is 0.423. The number of carbonyl (C=O) groups is 1. The van der Waals surface area contributed by atoms with Gasteiger partial charge >= 0.3 is 0 Å². The summed E-state index contributed by atoms with van der Waals surface area (Å²) in [5, 5.41) is 7.29. The first-order chi connectivity index (χ1) is 16.5. The zero-order chi connectivity index (χ0) is 24.1. The molecule has 1 aliphatic rings. The molecule has 1 amide bonds. The second-order valence-electron chi connectivity index (χ2n) is 8.80. The van der Waals surface area contributed by atoms with Gasteiger partial charge in [0, 0.05) is 12.1 Å². The Morgan fingerprint density at radius 3 is 2.79 bits per heavy atom. The van der Waals surface area contributed by atoms with Crippen molar-refractivity contribution in [2.45, 2.75) is 39.3 Å². The SMILES string of the molecule is COc1ccc(C(C)NC(=O)C2CCCN(Cc3nc(-c4cccc(C)c4)no3)C2)cc1OC. The van der Waals surface area contributed by atoms with Gasteiger partial charge in [-0.2, -0.15) is 4.98 Å². The second kappa shape index (κ2) is 10.7. The van der Waals surface area contributed by atoms with Crippen molar-refractivity contribution in [2.24, 2.45) is 5.92 Å². The first-order valence-electron chi connectivity index (χ1n) is 11.6. The standard InChI is InChI=1S/C26H32N4O4/c1-17-7-5-8-20(13-17)25-28-24(34-29-25)16-30-12-6-9-21(15-30)26(31)27-18(2)19-10-11-22(32-3)23(14-19)33-4/h5,7-8,10-11,13-14,18,21H,6,9,12,15-16H2,1-4H3,(H,27,31). The fourth-order valence-corrected chi connectivity index (χ4v) is 4.36. The summed E-state index contributed by atoms with van der Waals surface area (Å²) in [6, 6.07) is 13.6. The number of likely N-dealkylation sites (tertiary alicyclic amines) is 1. The lowest BCUT2D eigenvalue weighted by molar-refractivity contribution is -0.127. The van der Waals surface area contributed by atoms with Gasteiger partial charge in [-0.05, 0) is 57.0 Å². The van der Waals surface area contributed by atoms with Gasteiger partial charge in [0.05, 0.1) is 32.7 Å². The highest BCUT2D eigenvalue weighted by molar-refractivity contribution is 5.79. The van der Waals surface area contributed by atoms with Crippen LogP contribution >= 0.6 is 0 Å². The van der Waals surface area contributed by atoms with Gasteiger partial charge in [0.25, 0.3) is 0 Å². The molecule has 0 radical (unpaired) electrons. The molecule has 0 spiro atoms. The average molecular weight is 465 g/mol. The minimum absolute atomic E-state index is 0.0537. The van der Waals surface area contributed by atoms with Gasteiger partial charge < -0.3 is 19.3 Å². The largest absolute Gasteiger partial charge is 0.493 e. The predicted octanol–water partition coefficient (Wildman–Crippen LogP) is 4.15. The molecule has 3 aromatic rings. The number of rotatable bonds is 8. The van der Waals surface area contributed by atoms with E-state index >= 15 is 0 Å². The number of aryl methyl sites for hydroxylation is 1. The van der Waals surface area contributed by atoms with E-state index in [1.165, 1.54) is 0 Å². The molecule has 1 N–H and O–H groups in total. The summed E-state index contributed by atoms with van der Waals surface area (Å²) in [5.41, 5.74) is 3.05. The maximum atomic E-state index is 13.0. The van der Waals surface area contributed by atoms with Gasteiger partial charge in [0.15, 0.2) is 11.5 Å². The summed E-state index contributed by atoms with van der Waals surface area (Å²) in [5.74, 6) is 2.44. The Morgan fingerprint density at radius 2 is 2.03 bits per heavy atom. The van der Waals surface area contributed by atoms with Crippen molar-refractivity contribution in [3.63, 3.8) is 0 Å². The highest BCUT2D eigenvalue weighted by Gasteiger charge is 2.28. The van der Waals surface area contributed by atoms with Crippen LogP contribution in [0.15, 0.2) is 47.0 Å². The number of carbonyl (C=O) groups excluding carboxylic acids is 1. The van der Waals surface area contributed by atoms with Crippen molar-refractivity contribution in [1.82, 2.24) is 20.4 Å². The van der Waals surface area contributed by atoms with Crippen LogP contribution in [0.1, 0.15) is 42.8 Å². The first-order valence-corrected chi connectivity index (χ1v) is 11.6. The molecule has 8 heteroatoms. The third-order valence-corrected chi connectivity index (χ3v) is 6.25. The molecule has 1 aliphatic heterocycles. The summed E-state index contributed by atoms with van der Waals surface area (Å²) in [7, 11) is 3.21. The second-order valence-corrected chi connectivity index (χ2v) is 8.80. The van der Waals surface area contributed by atoms with Crippen LogP contribution in [0.3, 0.4) is 0 Å². The lowest BCUT2D eigenvalue weighted by Crippen LogP contribution is -2.43. The van der Waals surface area contributed by atoms with Crippen molar-refractivity contribution in [2.75, 3.05) is 27.3 Å². The Balaban J connectivity index is 1.35. The molecule has 180 valence electrons. The molecule has 8 nitrogen and oxygen atoms in total. The Hall–Kier alpha value is -3.39. The van der Waals surface area contributed by atoms with E-state index in [2.05, 4.69) is 20.4 Å². The lowest BCUT2D eigenvalue weighted by atomic mass is 9.96. The van der Waals surface area contributed by atoms with Crippen LogP contribution in [-0.4, -0.2) is 48.3 Å². The first kappa shape index (κ1) is 23.8. The summed E-state index contributed by atoms with van der Waals surface area (Å²) in [4.78, 5) is 19.8. The van der Waals surface area contributed by atoms with E-state index in [9.17, 15) is 4.79 Å². The van der Waals surface area contributed by atoms with E-state index in [0.717, 1.165) is 36.1 Å². The molecular weight excluding hydrogens is 432 g/mol. The lowest BCUT2D eigenvalue weighted by Gasteiger charge is -2.31. The number of aromatic nitrogens is 2. The number of benzene rings is 2. The molecule has 0 bridgehead atoms. The van der Waals surface area contributed by atoms with Gasteiger partial charge in [0.2, 0.25) is 17.6 Å². The van der Waals surface area contributed by atoms with Crippen LogP contribution in [0, 0.1) is 12.8 Å². The number of nitrogens with zero attached hydrogens (tertiary/aromatic N) is 3. The zero-order valence-corrected chi connectivity index (χ0v) is 20.2. The fourth-order valence-electron chi connectivity index (χ4n) is 4.36. The number of hydrogen-bond acceptors (Lipinski definition) is 7. The van der Waals surface area contributed by atoms with E-state index in [1.54, 1.807) is 14.2 Å². The topological polar surface area (TPSA) is 89.7 Å². The van der Waals surface area contributed by atoms with Crippen molar-refractivity contribution >= 4 is 5.91 Å². The molecule has 34 heavy (non-hydrogen) atoms. The van der Waals surface area contributed by atoms with Gasteiger partial charge in [-0.15, -0.1) is 0 Å². The smallest absolute Gasteiger partial charge is 0.241 e. The normalized spacial score (nSPS) is 17.2. The van der Waals surface area contributed by atoms with Crippen LogP contribution in [0.25, 0.3) is 11.4 Å². The summed E-state index contributed by atoms with van der Waals surface area (Å²) in [6.45, 7) is 6.11. The predicted molar refractivity (Wildman–Crippen MR) is 129 cm³/mol. The molecule has 2 unspecified atom stereocenters. The summed E-state index contributed by atoms with van der Waals surface area (Å²) in [6.07, 6.45) is 1.81. The Bertz CT molecular complexity index is 1130. The molecule has 1 saturated heterocycles. The Morgan fingerprint density at radius 1 is 1.21 bits per heavy atom. The number of piperidine rings is 1. The molecule has 2 atom stereocenters. The van der Waals surface area contributed by atoms with Crippen molar-refractivity contribution in [1.29, 1.82) is 0 Å². The van der Waals surface area contributed by atoms with E-state index < -0.39 is 0 Å². The summed E-state index contributed by atoms with van der Waals surface area (Å²) >= 11 is 0. The van der Waals surface area contributed by atoms with Crippen LogP contribution in [0.2, 0.25) is 0 Å². The third kappa shape index (κ3) is 5.56. The summed E-state index contributed by atoms with van der Waals surface area (Å²) < 4.78 is 16.2. The monoisotopic (exact) mass is 464 g/mol. The number of amides is 1. The molecule has 1 fully saturated rings. The van der Waals surface area contributed by atoms with Crippen LogP contribution in [0.4, 0.5) is 0 Å². The maximum Gasteiger partial charge on any atom is 0.241 e. The molecule has 4 rings (SSSR count). The molecule has 1 aromatic heterocycles. The van der Waals surface area contributed by atoms with Gasteiger partial charge in [0.1, 0.15) is 0 Å². The highest BCUT2D eigenvalue weighted by Crippen LogP contribution is 2.30. The van der Waals surface area contributed by atoms with Crippen molar-refractivity contribution in [3.8, 4) is 22.9 Å². The number of nitrogens with one attached hydrogen (secondary N) is 1. The molecule has 2 aromatic carbocycles. The quantitative estimate of drug-likeness (QED) is 0.536. The minimum Gasteiger partial charge on any atom is -0.493 e. The van der Waals surface area contributed by atoms with Gasteiger partial charge in [-0.3, -0.25) is 9.69 Å². The zero-order valence-electron chi connectivity index (χ0n) is 20.2. The minimum atomic E-state index is -0.143. The van der Waals surface area contributed by atoms with Crippen LogP contribution in [0.5, 0.6) is 11.5 Å². The molecule has 0 saturated carbocycles. The van der Waals surface area contributed by atoms with Crippen molar-refractivity contribution in [3.05, 3.63) is 59.5 Å². The van der Waals surface area contributed by atoms with E-state index in [-0.39, 0.29) is 17.9 Å². The molecule has 0 aliphatic carbocycles. The van der Waals surface area contributed by atoms with Crippen molar-refractivity contribution < 1.29 is 18.8 Å². The van der Waals surface area contributed by atoms with Crippen LogP contribution < -0.4 is 14.8 Å². The van der Waals surface area contributed by atoms with E-state index in [1.807, 2.05) is 56.3 Å². The molecule has 2 heterocycles. The average Bonchev–Trinajstić information content (AvgIpc) is 3.32. The van der Waals surface area contributed by atoms with Gasteiger partial charge in [-0.25, -0.2) is 0 Å². The maximum absolute atomic E-state index is 13.0. The number of hydrogen-bond donors (Lipinski definition) is 1. The molecular formula is C26H32N4O4. The Kier molecular flexibility index (Phi) is 7.47. The number of ether oxygens (including phenoxy) is 2. The highest BCUT2D eigenvalue weighted by atomic mass is 16.5. The third-order valence-electron chi connectivity index (χ3n) is 6.25. The van der Waals surface area contributed by atoms with Gasteiger partial charge in [-0.1, -0.05) is 35.0 Å². The van der Waals surface area contributed by atoms with Crippen LogP contribution in [-0.2, 0) is 11.3 Å². The van der Waals surface area contributed by atoms with E-state index in [4.69, 9.17) is 14.0 Å². The Labute approximate surface area is 200 Å².